The summed E-state index contributed by atoms with van der Waals surface area (Å²) in [6.07, 6.45) is 1.06. The molecule has 0 bridgehead atoms. The van der Waals surface area contributed by atoms with Crippen molar-refractivity contribution in [3.63, 3.8) is 0 Å². The van der Waals surface area contributed by atoms with Gasteiger partial charge in [0.15, 0.2) is 0 Å². The maximum absolute atomic E-state index is 12.6. The van der Waals surface area contributed by atoms with E-state index in [0.717, 1.165) is 26.1 Å². The molecule has 2 rings (SSSR count). The number of hydrogen-bond acceptors (Lipinski definition) is 3. The molecule has 4 heteroatoms. The lowest BCUT2D eigenvalue weighted by molar-refractivity contribution is 0.204. The van der Waals surface area contributed by atoms with Crippen LogP contribution in [-0.2, 0) is 0 Å². The van der Waals surface area contributed by atoms with E-state index in [-0.39, 0.29) is 12.4 Å². The van der Waals surface area contributed by atoms with E-state index >= 15 is 0 Å². The second-order valence-electron chi connectivity index (χ2n) is 4.44. The third-order valence-electron chi connectivity index (χ3n) is 3.12. The summed E-state index contributed by atoms with van der Waals surface area (Å²) in [5, 5.41) is 9.02. The fourth-order valence-corrected chi connectivity index (χ4v) is 2.09. The molecule has 1 atom stereocenters. The van der Waals surface area contributed by atoms with Crippen LogP contribution in [-0.4, -0.2) is 42.9 Å². The van der Waals surface area contributed by atoms with E-state index in [0.29, 0.717) is 18.3 Å². The summed E-state index contributed by atoms with van der Waals surface area (Å²) in [4.78, 5) is 2.28. The van der Waals surface area contributed by atoms with Gasteiger partial charge in [0.2, 0.25) is 0 Å². The van der Waals surface area contributed by atoms with E-state index in [1.807, 2.05) is 0 Å². The summed E-state index contributed by atoms with van der Waals surface area (Å²) in [5.41, 5.74) is 0. The number of halogens is 1. The van der Waals surface area contributed by atoms with E-state index < -0.39 is 0 Å². The van der Waals surface area contributed by atoms with Crippen LogP contribution in [0.5, 0.6) is 5.75 Å². The van der Waals surface area contributed by atoms with Crippen molar-refractivity contribution in [2.45, 2.75) is 6.42 Å². The van der Waals surface area contributed by atoms with E-state index in [1.165, 1.54) is 12.1 Å². The summed E-state index contributed by atoms with van der Waals surface area (Å²) in [6.45, 7) is 3.70. The van der Waals surface area contributed by atoms with Crippen molar-refractivity contribution >= 4 is 0 Å². The van der Waals surface area contributed by atoms with Crippen LogP contribution in [0.1, 0.15) is 6.42 Å². The van der Waals surface area contributed by atoms with Gasteiger partial charge in [-0.25, -0.2) is 4.39 Å². The molecular formula is C13H18FNO2. The number of hydrogen-bond donors (Lipinski definition) is 1. The van der Waals surface area contributed by atoms with Gasteiger partial charge in [0, 0.05) is 19.7 Å². The topological polar surface area (TPSA) is 32.7 Å². The van der Waals surface area contributed by atoms with E-state index in [1.54, 1.807) is 12.1 Å². The number of aliphatic hydroxyl groups is 1. The summed E-state index contributed by atoms with van der Waals surface area (Å²) < 4.78 is 18.2. The molecule has 0 saturated carbocycles. The van der Waals surface area contributed by atoms with Crippen molar-refractivity contribution in [3.8, 4) is 5.75 Å². The van der Waals surface area contributed by atoms with Gasteiger partial charge < -0.3 is 9.84 Å². The van der Waals surface area contributed by atoms with Crippen LogP contribution in [0.25, 0.3) is 0 Å². The summed E-state index contributed by atoms with van der Waals surface area (Å²) in [7, 11) is 0. The summed E-state index contributed by atoms with van der Waals surface area (Å²) in [6, 6.07) is 6.06. The third-order valence-corrected chi connectivity index (χ3v) is 3.12. The molecule has 1 N–H and O–H groups in total. The zero-order valence-corrected chi connectivity index (χ0v) is 9.81. The minimum atomic E-state index is -0.248. The van der Waals surface area contributed by atoms with Crippen molar-refractivity contribution in [1.82, 2.24) is 4.90 Å². The van der Waals surface area contributed by atoms with Crippen LogP contribution < -0.4 is 4.74 Å². The zero-order chi connectivity index (χ0) is 12.1. The fraction of sp³-hybridized carbons (Fsp3) is 0.538. The minimum absolute atomic E-state index is 0.248. The second kappa shape index (κ2) is 5.98. The summed E-state index contributed by atoms with van der Waals surface area (Å²) >= 11 is 0. The Balaban J connectivity index is 1.68. The molecule has 94 valence electrons. The molecule has 17 heavy (non-hydrogen) atoms. The van der Waals surface area contributed by atoms with Crippen LogP contribution in [0.15, 0.2) is 24.3 Å². The standard InChI is InChI=1S/C13H18FNO2/c14-12-1-3-13(4-2-12)17-8-7-15-6-5-11(9-15)10-16/h1-4,11,16H,5-10H2/t11-/m0/s1. The average molecular weight is 239 g/mol. The monoisotopic (exact) mass is 239 g/mol. The van der Waals surface area contributed by atoms with Crippen LogP contribution >= 0.6 is 0 Å². The van der Waals surface area contributed by atoms with Gasteiger partial charge in [-0.05, 0) is 43.1 Å². The van der Waals surface area contributed by atoms with Gasteiger partial charge in [0.05, 0.1) is 0 Å². The highest BCUT2D eigenvalue weighted by Crippen LogP contribution is 2.15. The molecule has 1 aromatic carbocycles. The van der Waals surface area contributed by atoms with Crippen molar-refractivity contribution in [2.75, 3.05) is 32.8 Å². The molecule has 0 aliphatic carbocycles. The molecule has 1 saturated heterocycles. The third kappa shape index (κ3) is 3.68. The largest absolute Gasteiger partial charge is 0.492 e. The summed E-state index contributed by atoms with van der Waals surface area (Å²) in [5.74, 6) is 0.868. The van der Waals surface area contributed by atoms with Crippen LogP contribution in [0, 0.1) is 11.7 Å². The number of ether oxygens (including phenoxy) is 1. The second-order valence-corrected chi connectivity index (χ2v) is 4.44. The lowest BCUT2D eigenvalue weighted by Crippen LogP contribution is -2.26. The number of aliphatic hydroxyl groups excluding tert-OH is 1. The van der Waals surface area contributed by atoms with E-state index in [2.05, 4.69) is 4.90 Å². The van der Waals surface area contributed by atoms with E-state index in [9.17, 15) is 4.39 Å². The van der Waals surface area contributed by atoms with Crippen molar-refractivity contribution in [3.05, 3.63) is 30.1 Å². The fourth-order valence-electron chi connectivity index (χ4n) is 2.09. The van der Waals surface area contributed by atoms with E-state index in [4.69, 9.17) is 9.84 Å². The normalized spacial score (nSPS) is 20.7. The molecule has 1 heterocycles. The number of nitrogens with zero attached hydrogens (tertiary/aromatic N) is 1. The predicted molar refractivity (Wildman–Crippen MR) is 63.5 cm³/mol. The minimum Gasteiger partial charge on any atom is -0.492 e. The highest BCUT2D eigenvalue weighted by molar-refractivity contribution is 5.21. The smallest absolute Gasteiger partial charge is 0.123 e. The van der Waals surface area contributed by atoms with Gasteiger partial charge in [-0.3, -0.25) is 4.90 Å². The maximum Gasteiger partial charge on any atom is 0.123 e. The van der Waals surface area contributed by atoms with Crippen LogP contribution in [0.2, 0.25) is 0 Å². The molecule has 0 amide bonds. The molecule has 1 aliphatic rings. The molecule has 3 nitrogen and oxygen atoms in total. The Hall–Kier alpha value is -1.13. The first-order valence-electron chi connectivity index (χ1n) is 5.99. The van der Waals surface area contributed by atoms with Crippen molar-refractivity contribution < 1.29 is 14.2 Å². The molecule has 1 aliphatic heterocycles. The first kappa shape index (κ1) is 12.3. The number of likely N-dealkylation sites (tertiary alicyclic amines) is 1. The lowest BCUT2D eigenvalue weighted by Gasteiger charge is -2.15. The molecule has 0 aromatic heterocycles. The highest BCUT2D eigenvalue weighted by Gasteiger charge is 2.20. The molecule has 0 unspecified atom stereocenters. The molecule has 1 fully saturated rings. The Kier molecular flexibility index (Phi) is 4.34. The van der Waals surface area contributed by atoms with Gasteiger partial charge in [-0.15, -0.1) is 0 Å². The Morgan fingerprint density at radius 1 is 1.35 bits per heavy atom. The maximum atomic E-state index is 12.6. The zero-order valence-electron chi connectivity index (χ0n) is 9.81. The molecule has 1 aromatic rings. The first-order chi connectivity index (χ1) is 8.28. The van der Waals surface area contributed by atoms with Gasteiger partial charge in [0.25, 0.3) is 0 Å². The Labute approximate surface area is 101 Å². The Morgan fingerprint density at radius 2 is 2.12 bits per heavy atom. The average Bonchev–Trinajstić information content (AvgIpc) is 2.80. The van der Waals surface area contributed by atoms with Gasteiger partial charge in [-0.2, -0.15) is 0 Å². The first-order valence-corrected chi connectivity index (χ1v) is 5.99. The van der Waals surface area contributed by atoms with Crippen molar-refractivity contribution in [1.29, 1.82) is 0 Å². The predicted octanol–water partition coefficient (Wildman–Crippen LogP) is 1.52. The molecule has 0 radical (unpaired) electrons. The van der Waals surface area contributed by atoms with Gasteiger partial charge >= 0.3 is 0 Å². The Bertz CT molecular complexity index is 342. The SMILES string of the molecule is OC[C@H]1CCN(CCOc2ccc(F)cc2)C1. The Morgan fingerprint density at radius 3 is 2.76 bits per heavy atom. The molecular weight excluding hydrogens is 221 g/mol. The van der Waals surface area contributed by atoms with Crippen molar-refractivity contribution in [2.24, 2.45) is 5.92 Å². The quantitative estimate of drug-likeness (QED) is 0.845. The van der Waals surface area contributed by atoms with Crippen LogP contribution in [0.4, 0.5) is 4.39 Å². The number of rotatable bonds is 5. The highest BCUT2D eigenvalue weighted by atomic mass is 19.1. The van der Waals surface area contributed by atoms with Gasteiger partial charge in [0.1, 0.15) is 18.2 Å². The number of benzene rings is 1. The molecule has 0 spiro atoms. The lowest BCUT2D eigenvalue weighted by atomic mass is 10.1. The van der Waals surface area contributed by atoms with Gasteiger partial charge in [-0.1, -0.05) is 0 Å². The van der Waals surface area contributed by atoms with Crippen LogP contribution in [0.3, 0.4) is 0 Å².